The van der Waals surface area contributed by atoms with E-state index in [4.69, 9.17) is 15.2 Å². The molecule has 0 unspecified atom stereocenters. The molecule has 2 aromatic rings. The summed E-state index contributed by atoms with van der Waals surface area (Å²) >= 11 is 0. The zero-order valence-corrected chi connectivity index (χ0v) is 15.5. The molecule has 6 heteroatoms. The van der Waals surface area contributed by atoms with Gasteiger partial charge < -0.3 is 20.5 Å². The molecule has 2 rings (SSSR count). The Labute approximate surface area is 153 Å². The molecule has 0 saturated carbocycles. The van der Waals surface area contributed by atoms with Gasteiger partial charge in [0.05, 0.1) is 18.4 Å². The van der Waals surface area contributed by atoms with Crippen molar-refractivity contribution in [3.05, 3.63) is 53.6 Å². The minimum absolute atomic E-state index is 0.0751. The minimum atomic E-state index is -0.611. The smallest absolute Gasteiger partial charge is 0.259 e. The lowest BCUT2D eigenvalue weighted by molar-refractivity contribution is -0.119. The normalized spacial score (nSPS) is 10.9. The first-order chi connectivity index (χ1) is 12.2. The van der Waals surface area contributed by atoms with Crippen LogP contribution in [0.4, 0.5) is 5.69 Å². The number of anilines is 1. The predicted molar refractivity (Wildman–Crippen MR) is 101 cm³/mol. The topological polar surface area (TPSA) is 90.7 Å². The SMILES string of the molecule is COc1ccc(C(C)(C)C)cc1NC(=O)c1ccccc1OCC(N)=O. The summed E-state index contributed by atoms with van der Waals surface area (Å²) in [7, 11) is 1.55. The van der Waals surface area contributed by atoms with Crippen LogP contribution in [-0.2, 0) is 10.2 Å². The summed E-state index contributed by atoms with van der Waals surface area (Å²) in [5.41, 5.74) is 6.96. The first-order valence-electron chi connectivity index (χ1n) is 8.22. The summed E-state index contributed by atoms with van der Waals surface area (Å²) < 4.78 is 10.7. The molecule has 2 aromatic carbocycles. The second-order valence-electron chi connectivity index (χ2n) is 6.87. The summed E-state index contributed by atoms with van der Waals surface area (Å²) in [6.07, 6.45) is 0. The van der Waals surface area contributed by atoms with E-state index in [9.17, 15) is 9.59 Å². The molecule has 0 fully saturated rings. The Bertz CT molecular complexity index is 810. The van der Waals surface area contributed by atoms with Crippen molar-refractivity contribution < 1.29 is 19.1 Å². The van der Waals surface area contributed by atoms with Gasteiger partial charge in [0, 0.05) is 0 Å². The monoisotopic (exact) mass is 356 g/mol. The number of nitrogens with one attached hydrogen (secondary N) is 1. The van der Waals surface area contributed by atoms with Crippen molar-refractivity contribution in [3.8, 4) is 11.5 Å². The van der Waals surface area contributed by atoms with Crippen LogP contribution in [0.5, 0.6) is 11.5 Å². The Hall–Kier alpha value is -3.02. The van der Waals surface area contributed by atoms with Crippen LogP contribution in [0.15, 0.2) is 42.5 Å². The van der Waals surface area contributed by atoms with E-state index in [1.165, 1.54) is 0 Å². The molecule has 0 atom stereocenters. The summed E-state index contributed by atoms with van der Waals surface area (Å²) in [6.45, 7) is 5.97. The standard InChI is InChI=1S/C20H24N2O4/c1-20(2,3)13-9-10-17(25-4)15(11-13)22-19(24)14-7-5-6-8-16(14)26-12-18(21)23/h5-11H,12H2,1-4H3,(H2,21,23)(H,22,24). The van der Waals surface area contributed by atoms with Gasteiger partial charge in [-0.1, -0.05) is 39.0 Å². The molecule has 0 aliphatic rings. The van der Waals surface area contributed by atoms with Crippen LogP contribution in [0.25, 0.3) is 0 Å². The summed E-state index contributed by atoms with van der Waals surface area (Å²) in [5, 5.41) is 2.86. The number of primary amides is 1. The molecule has 0 radical (unpaired) electrons. The molecule has 0 bridgehead atoms. The first-order valence-corrected chi connectivity index (χ1v) is 8.22. The minimum Gasteiger partial charge on any atom is -0.495 e. The molecular weight excluding hydrogens is 332 g/mol. The van der Waals surface area contributed by atoms with Gasteiger partial charge in [-0.25, -0.2) is 0 Å². The lowest BCUT2D eigenvalue weighted by Crippen LogP contribution is -2.21. The maximum absolute atomic E-state index is 12.7. The fourth-order valence-electron chi connectivity index (χ4n) is 2.39. The van der Waals surface area contributed by atoms with E-state index in [0.717, 1.165) is 5.56 Å². The highest BCUT2D eigenvalue weighted by molar-refractivity contribution is 6.07. The highest BCUT2D eigenvalue weighted by atomic mass is 16.5. The number of ether oxygens (including phenoxy) is 2. The van der Waals surface area contributed by atoms with Crippen molar-refractivity contribution in [2.75, 3.05) is 19.0 Å². The third-order valence-corrected chi connectivity index (χ3v) is 3.82. The van der Waals surface area contributed by atoms with Crippen molar-refractivity contribution in [2.24, 2.45) is 5.73 Å². The van der Waals surface area contributed by atoms with E-state index in [-0.39, 0.29) is 23.7 Å². The molecule has 0 aliphatic heterocycles. The molecule has 3 N–H and O–H groups in total. The van der Waals surface area contributed by atoms with Crippen molar-refractivity contribution in [3.63, 3.8) is 0 Å². The van der Waals surface area contributed by atoms with Crippen molar-refractivity contribution in [1.29, 1.82) is 0 Å². The average Bonchev–Trinajstić information content (AvgIpc) is 2.59. The van der Waals surface area contributed by atoms with Crippen molar-refractivity contribution in [2.45, 2.75) is 26.2 Å². The van der Waals surface area contributed by atoms with Crippen LogP contribution in [0.3, 0.4) is 0 Å². The van der Waals surface area contributed by atoms with Gasteiger partial charge in [0.1, 0.15) is 11.5 Å². The fourth-order valence-corrected chi connectivity index (χ4v) is 2.39. The van der Waals surface area contributed by atoms with Crippen LogP contribution in [0, 0.1) is 0 Å². The largest absolute Gasteiger partial charge is 0.495 e. The number of carbonyl (C=O) groups is 2. The third-order valence-electron chi connectivity index (χ3n) is 3.82. The number of para-hydroxylation sites is 1. The van der Waals surface area contributed by atoms with E-state index < -0.39 is 5.91 Å². The van der Waals surface area contributed by atoms with Crippen LogP contribution in [-0.4, -0.2) is 25.5 Å². The number of amides is 2. The number of nitrogens with two attached hydrogens (primary N) is 1. The highest BCUT2D eigenvalue weighted by Gasteiger charge is 2.19. The zero-order chi connectivity index (χ0) is 19.3. The molecule has 0 spiro atoms. The van der Waals surface area contributed by atoms with Gasteiger partial charge in [-0.2, -0.15) is 0 Å². The van der Waals surface area contributed by atoms with E-state index in [2.05, 4.69) is 26.1 Å². The second kappa shape index (κ2) is 7.91. The fraction of sp³-hybridized carbons (Fsp3) is 0.300. The van der Waals surface area contributed by atoms with Gasteiger partial charge in [-0.05, 0) is 35.2 Å². The number of methoxy groups -OCH3 is 1. The van der Waals surface area contributed by atoms with Crippen LogP contribution in [0.1, 0.15) is 36.7 Å². The van der Waals surface area contributed by atoms with Gasteiger partial charge in [-0.15, -0.1) is 0 Å². The average molecular weight is 356 g/mol. The van der Waals surface area contributed by atoms with E-state index in [1.54, 1.807) is 31.4 Å². The molecule has 26 heavy (non-hydrogen) atoms. The van der Waals surface area contributed by atoms with Gasteiger partial charge in [0.25, 0.3) is 11.8 Å². The quantitative estimate of drug-likeness (QED) is 0.832. The number of rotatable bonds is 6. The molecule has 0 saturated heterocycles. The Morgan fingerprint density at radius 2 is 1.77 bits per heavy atom. The van der Waals surface area contributed by atoms with Crippen molar-refractivity contribution in [1.82, 2.24) is 0 Å². The summed E-state index contributed by atoms with van der Waals surface area (Å²) in [5.74, 6) is -0.134. The van der Waals surface area contributed by atoms with Crippen molar-refractivity contribution >= 4 is 17.5 Å². The first kappa shape index (κ1) is 19.3. The summed E-state index contributed by atoms with van der Waals surface area (Å²) in [6, 6.07) is 12.4. The van der Waals surface area contributed by atoms with Gasteiger partial charge in [-0.3, -0.25) is 9.59 Å². The maximum Gasteiger partial charge on any atom is 0.259 e. The number of benzene rings is 2. The van der Waals surface area contributed by atoms with E-state index in [1.807, 2.05) is 18.2 Å². The number of hydrogen-bond donors (Lipinski definition) is 2. The predicted octanol–water partition coefficient (Wildman–Crippen LogP) is 3.11. The molecule has 0 aliphatic carbocycles. The molecule has 0 aromatic heterocycles. The Morgan fingerprint density at radius 3 is 2.38 bits per heavy atom. The lowest BCUT2D eigenvalue weighted by atomic mass is 9.87. The molecule has 0 heterocycles. The van der Waals surface area contributed by atoms with E-state index in [0.29, 0.717) is 17.0 Å². The Morgan fingerprint density at radius 1 is 1.08 bits per heavy atom. The number of carbonyl (C=O) groups excluding carboxylic acids is 2. The summed E-state index contributed by atoms with van der Waals surface area (Å²) in [4.78, 5) is 23.7. The van der Waals surface area contributed by atoms with Gasteiger partial charge in [0.15, 0.2) is 6.61 Å². The van der Waals surface area contributed by atoms with E-state index >= 15 is 0 Å². The Kier molecular flexibility index (Phi) is 5.87. The van der Waals surface area contributed by atoms with Gasteiger partial charge >= 0.3 is 0 Å². The van der Waals surface area contributed by atoms with Crippen LogP contribution < -0.4 is 20.5 Å². The maximum atomic E-state index is 12.7. The zero-order valence-electron chi connectivity index (χ0n) is 15.5. The molecular formula is C20H24N2O4. The highest BCUT2D eigenvalue weighted by Crippen LogP contribution is 2.32. The van der Waals surface area contributed by atoms with Crippen LogP contribution in [0.2, 0.25) is 0 Å². The molecule has 138 valence electrons. The second-order valence-corrected chi connectivity index (χ2v) is 6.87. The lowest BCUT2D eigenvalue weighted by Gasteiger charge is -2.21. The van der Waals surface area contributed by atoms with Gasteiger partial charge in [0.2, 0.25) is 0 Å². The third kappa shape index (κ3) is 4.75. The molecule has 2 amide bonds. The van der Waals surface area contributed by atoms with Crippen LogP contribution >= 0.6 is 0 Å². The Balaban J connectivity index is 2.31. The number of hydrogen-bond acceptors (Lipinski definition) is 4. The molecule has 6 nitrogen and oxygen atoms in total.